The van der Waals surface area contributed by atoms with Crippen LogP contribution in [0.5, 0.6) is 0 Å². The molecule has 168 valence electrons. The molecule has 1 aromatic carbocycles. The van der Waals surface area contributed by atoms with E-state index < -0.39 is 0 Å². The Morgan fingerprint density at radius 3 is 2.53 bits per heavy atom. The van der Waals surface area contributed by atoms with Crippen LogP contribution in [0.3, 0.4) is 0 Å². The fourth-order valence-corrected chi connectivity index (χ4v) is 6.69. The van der Waals surface area contributed by atoms with E-state index >= 15 is 0 Å². The van der Waals surface area contributed by atoms with E-state index in [9.17, 15) is 9.59 Å². The van der Waals surface area contributed by atoms with E-state index in [4.69, 9.17) is 0 Å². The first-order valence-corrected chi connectivity index (χ1v) is 12.9. The Kier molecular flexibility index (Phi) is 5.63. The lowest BCUT2D eigenvalue weighted by Crippen LogP contribution is -2.33. The van der Waals surface area contributed by atoms with Gasteiger partial charge in [0.2, 0.25) is 5.91 Å². The lowest BCUT2D eigenvalue weighted by Gasteiger charge is -2.29. The monoisotopic (exact) mass is 468 g/mol. The summed E-state index contributed by atoms with van der Waals surface area (Å²) in [5.41, 5.74) is 3.94. The maximum absolute atomic E-state index is 13.4. The van der Waals surface area contributed by atoms with Crippen molar-refractivity contribution in [2.45, 2.75) is 55.8 Å². The molecule has 0 radical (unpaired) electrons. The third-order valence-corrected chi connectivity index (χ3v) is 8.78. The third-order valence-electron chi connectivity index (χ3n) is 6.34. The minimum Gasteiger partial charge on any atom is -0.322 e. The molecule has 3 aromatic rings. The highest BCUT2D eigenvalue weighted by molar-refractivity contribution is 8.02. The number of fused-ring (bicyclic) bond motifs is 3. The summed E-state index contributed by atoms with van der Waals surface area (Å²) in [5.74, 6) is 0.344. The first-order chi connectivity index (χ1) is 15.3. The lowest BCUT2D eigenvalue weighted by molar-refractivity contribution is -0.113. The summed E-state index contributed by atoms with van der Waals surface area (Å²) in [5, 5.41) is 2.89. The van der Waals surface area contributed by atoms with E-state index in [0.29, 0.717) is 28.2 Å². The average molecular weight is 469 g/mol. The second-order valence-corrected chi connectivity index (χ2v) is 11.9. The number of thioether (sulfide) groups is 1. The molecule has 2 aliphatic heterocycles. The molecule has 4 heterocycles. The number of anilines is 1. The quantitative estimate of drug-likeness (QED) is 0.604. The van der Waals surface area contributed by atoms with Crippen LogP contribution < -0.4 is 10.9 Å². The lowest BCUT2D eigenvalue weighted by atomic mass is 9.86. The van der Waals surface area contributed by atoms with Gasteiger partial charge in [-0.2, -0.15) is 0 Å². The molecular formula is C24H28N4O2S2. The number of benzene rings is 1. The van der Waals surface area contributed by atoms with Gasteiger partial charge in [-0.3, -0.25) is 19.1 Å². The van der Waals surface area contributed by atoms with E-state index in [0.717, 1.165) is 17.3 Å². The van der Waals surface area contributed by atoms with Crippen molar-refractivity contribution in [1.29, 1.82) is 0 Å². The molecule has 1 amide bonds. The van der Waals surface area contributed by atoms with Crippen LogP contribution in [0.4, 0.5) is 5.69 Å². The van der Waals surface area contributed by atoms with Crippen molar-refractivity contribution in [1.82, 2.24) is 14.5 Å². The fraction of sp³-hybridized carbons (Fsp3) is 0.458. The SMILES string of the molecule is CC(C)(C)c1ccc([C@@H](Cn2cnc3c4c(sc3c2=O)SCC(=O)N4)N2CCCC2)cc1. The first kappa shape index (κ1) is 21.7. The minimum absolute atomic E-state index is 0.0280. The van der Waals surface area contributed by atoms with Gasteiger partial charge in [0.1, 0.15) is 10.2 Å². The van der Waals surface area contributed by atoms with Crippen molar-refractivity contribution in [3.63, 3.8) is 0 Å². The number of hydrogen-bond acceptors (Lipinski definition) is 6. The molecule has 0 saturated carbocycles. The highest BCUT2D eigenvalue weighted by Crippen LogP contribution is 2.42. The highest BCUT2D eigenvalue weighted by atomic mass is 32.2. The van der Waals surface area contributed by atoms with Crippen LogP contribution in [0.1, 0.15) is 50.8 Å². The number of carbonyl (C=O) groups excluding carboxylic acids is 1. The zero-order valence-electron chi connectivity index (χ0n) is 18.7. The van der Waals surface area contributed by atoms with Crippen LogP contribution >= 0.6 is 23.1 Å². The van der Waals surface area contributed by atoms with Gasteiger partial charge in [0.25, 0.3) is 5.56 Å². The zero-order chi connectivity index (χ0) is 22.5. The summed E-state index contributed by atoms with van der Waals surface area (Å²) < 4.78 is 3.34. The minimum atomic E-state index is -0.0408. The smallest absolute Gasteiger partial charge is 0.271 e. The van der Waals surface area contributed by atoms with Gasteiger partial charge in [-0.15, -0.1) is 23.1 Å². The largest absolute Gasteiger partial charge is 0.322 e. The molecule has 8 heteroatoms. The molecule has 0 aliphatic carbocycles. The molecule has 5 rings (SSSR count). The molecule has 0 unspecified atom stereocenters. The molecule has 6 nitrogen and oxygen atoms in total. The molecule has 0 bridgehead atoms. The van der Waals surface area contributed by atoms with Gasteiger partial charge < -0.3 is 5.32 Å². The average Bonchev–Trinajstić information content (AvgIpc) is 3.41. The Bertz CT molecular complexity index is 1220. The number of rotatable bonds is 4. The summed E-state index contributed by atoms with van der Waals surface area (Å²) >= 11 is 2.92. The number of amides is 1. The summed E-state index contributed by atoms with van der Waals surface area (Å²) in [4.78, 5) is 32.3. The molecule has 2 aromatic heterocycles. The molecular weight excluding hydrogens is 440 g/mol. The van der Waals surface area contributed by atoms with Crippen LogP contribution in [-0.4, -0.2) is 39.2 Å². The number of likely N-dealkylation sites (tertiary alicyclic amines) is 1. The molecule has 2 aliphatic rings. The van der Waals surface area contributed by atoms with Gasteiger partial charge in [-0.05, 0) is 42.5 Å². The summed E-state index contributed by atoms with van der Waals surface area (Å²) in [6.07, 6.45) is 4.03. The Balaban J connectivity index is 1.50. The summed E-state index contributed by atoms with van der Waals surface area (Å²) in [6, 6.07) is 9.01. The van der Waals surface area contributed by atoms with Crippen LogP contribution in [0, 0.1) is 0 Å². The summed E-state index contributed by atoms with van der Waals surface area (Å²) in [7, 11) is 0. The topological polar surface area (TPSA) is 67.2 Å². The predicted molar refractivity (Wildman–Crippen MR) is 132 cm³/mol. The number of hydrogen-bond donors (Lipinski definition) is 1. The number of nitrogens with one attached hydrogen (secondary N) is 1. The van der Waals surface area contributed by atoms with E-state index in [1.165, 1.54) is 47.1 Å². The summed E-state index contributed by atoms with van der Waals surface area (Å²) in [6.45, 7) is 9.34. The van der Waals surface area contributed by atoms with Gasteiger partial charge in [0.05, 0.1) is 28.0 Å². The van der Waals surface area contributed by atoms with Crippen LogP contribution in [0.15, 0.2) is 39.6 Å². The zero-order valence-corrected chi connectivity index (χ0v) is 20.3. The Hall–Kier alpha value is -2.16. The van der Waals surface area contributed by atoms with Crippen molar-refractivity contribution in [3.8, 4) is 0 Å². The van der Waals surface area contributed by atoms with Gasteiger partial charge >= 0.3 is 0 Å². The third kappa shape index (κ3) is 4.00. The Morgan fingerprint density at radius 1 is 1.12 bits per heavy atom. The van der Waals surface area contributed by atoms with Gasteiger partial charge in [-0.25, -0.2) is 4.98 Å². The molecule has 1 N–H and O–H groups in total. The van der Waals surface area contributed by atoms with Crippen molar-refractivity contribution >= 4 is 44.9 Å². The molecule has 1 saturated heterocycles. The van der Waals surface area contributed by atoms with Crippen LogP contribution in [-0.2, 0) is 16.8 Å². The number of thiophene rings is 1. The molecule has 1 atom stereocenters. The highest BCUT2D eigenvalue weighted by Gasteiger charge is 2.27. The van der Waals surface area contributed by atoms with Crippen molar-refractivity contribution in [2.75, 3.05) is 24.2 Å². The van der Waals surface area contributed by atoms with E-state index in [2.05, 4.69) is 60.2 Å². The molecule has 32 heavy (non-hydrogen) atoms. The second-order valence-electron chi connectivity index (χ2n) is 9.61. The molecule has 1 fully saturated rings. The predicted octanol–water partition coefficient (Wildman–Crippen LogP) is 4.64. The van der Waals surface area contributed by atoms with E-state index in [-0.39, 0.29) is 22.9 Å². The normalized spacial score (nSPS) is 18.0. The van der Waals surface area contributed by atoms with Gasteiger partial charge in [0.15, 0.2) is 0 Å². The maximum Gasteiger partial charge on any atom is 0.271 e. The maximum atomic E-state index is 13.4. The van der Waals surface area contributed by atoms with E-state index in [1.54, 1.807) is 10.9 Å². The first-order valence-electron chi connectivity index (χ1n) is 11.1. The Labute approximate surface area is 196 Å². The standard InChI is InChI=1S/C24H28N4O2S2/c1-24(2,3)16-8-6-15(7-9-16)17(27-10-4-5-11-27)12-28-14-25-19-20-23(31-13-18(29)26-20)32-21(19)22(28)30/h6-9,14,17H,4-5,10-13H2,1-3H3,(H,26,29)/t17-/m1/s1. The van der Waals surface area contributed by atoms with Gasteiger partial charge in [-0.1, -0.05) is 45.0 Å². The van der Waals surface area contributed by atoms with Crippen molar-refractivity contribution in [2.24, 2.45) is 0 Å². The fourth-order valence-electron chi connectivity index (χ4n) is 4.51. The number of carbonyl (C=O) groups is 1. The molecule has 0 spiro atoms. The van der Waals surface area contributed by atoms with Crippen molar-refractivity contribution < 1.29 is 4.79 Å². The van der Waals surface area contributed by atoms with Gasteiger partial charge in [0, 0.05) is 6.54 Å². The van der Waals surface area contributed by atoms with Crippen LogP contribution in [0.2, 0.25) is 0 Å². The van der Waals surface area contributed by atoms with Crippen molar-refractivity contribution in [3.05, 3.63) is 52.1 Å². The number of aromatic nitrogens is 2. The van der Waals surface area contributed by atoms with Crippen LogP contribution in [0.25, 0.3) is 10.2 Å². The van der Waals surface area contributed by atoms with E-state index in [1.807, 2.05) is 0 Å². The second kappa shape index (κ2) is 8.32. The number of nitrogens with zero attached hydrogens (tertiary/aromatic N) is 3. The Morgan fingerprint density at radius 2 is 1.84 bits per heavy atom.